The van der Waals surface area contributed by atoms with E-state index in [1.165, 1.54) is 0 Å². The molecule has 150 valence electrons. The molecule has 2 aliphatic rings. The van der Waals surface area contributed by atoms with Gasteiger partial charge < -0.3 is 20.5 Å². The minimum atomic E-state index is -0.858. The SMILES string of the molecule is O=C(O)CCc1ccc2c(c1)C(=Cc1cc3c([nH]1)CCCC3CC(=O)O)C(=O)N2. The van der Waals surface area contributed by atoms with Crippen molar-refractivity contribution in [3.05, 3.63) is 52.3 Å². The van der Waals surface area contributed by atoms with E-state index >= 15 is 0 Å². The van der Waals surface area contributed by atoms with Gasteiger partial charge in [0.15, 0.2) is 0 Å². The first kappa shape index (κ1) is 19.0. The Morgan fingerprint density at radius 1 is 1.17 bits per heavy atom. The van der Waals surface area contributed by atoms with Crippen molar-refractivity contribution in [3.8, 4) is 0 Å². The van der Waals surface area contributed by atoms with E-state index in [2.05, 4.69) is 10.3 Å². The molecule has 0 saturated heterocycles. The van der Waals surface area contributed by atoms with E-state index in [1.54, 1.807) is 12.1 Å². The van der Waals surface area contributed by atoms with Gasteiger partial charge in [0.2, 0.25) is 0 Å². The number of amides is 1. The maximum absolute atomic E-state index is 12.5. The fraction of sp³-hybridized carbons (Fsp3) is 0.318. The number of hydrogen-bond donors (Lipinski definition) is 4. The van der Waals surface area contributed by atoms with Crippen LogP contribution in [0.1, 0.15) is 59.7 Å². The number of carbonyl (C=O) groups excluding carboxylic acids is 1. The van der Waals surface area contributed by atoms with Gasteiger partial charge in [0.05, 0.1) is 12.0 Å². The minimum Gasteiger partial charge on any atom is -0.481 e. The second kappa shape index (κ2) is 7.58. The van der Waals surface area contributed by atoms with Crippen LogP contribution in [0.5, 0.6) is 0 Å². The van der Waals surface area contributed by atoms with Crippen LogP contribution in [0.2, 0.25) is 0 Å². The number of aromatic nitrogens is 1. The topological polar surface area (TPSA) is 119 Å². The van der Waals surface area contributed by atoms with Crippen LogP contribution in [0.15, 0.2) is 24.3 Å². The molecule has 4 rings (SSSR count). The molecule has 7 heteroatoms. The average Bonchev–Trinajstić information content (AvgIpc) is 3.21. The van der Waals surface area contributed by atoms with E-state index in [0.29, 0.717) is 17.7 Å². The van der Waals surface area contributed by atoms with Gasteiger partial charge in [-0.3, -0.25) is 14.4 Å². The fourth-order valence-corrected chi connectivity index (χ4v) is 4.23. The predicted octanol–water partition coefficient (Wildman–Crippen LogP) is 3.42. The lowest BCUT2D eigenvalue weighted by Gasteiger charge is -2.20. The van der Waals surface area contributed by atoms with Gasteiger partial charge in [-0.25, -0.2) is 0 Å². The van der Waals surface area contributed by atoms with Crippen LogP contribution in [-0.4, -0.2) is 33.0 Å². The zero-order chi connectivity index (χ0) is 20.5. The van der Waals surface area contributed by atoms with Crippen LogP contribution < -0.4 is 5.32 Å². The maximum atomic E-state index is 12.5. The summed E-state index contributed by atoms with van der Waals surface area (Å²) in [5, 5.41) is 20.9. The van der Waals surface area contributed by atoms with Gasteiger partial charge in [-0.1, -0.05) is 6.07 Å². The number of aliphatic carboxylic acids is 2. The van der Waals surface area contributed by atoms with Crippen LogP contribution >= 0.6 is 0 Å². The molecule has 1 aromatic carbocycles. The number of fused-ring (bicyclic) bond motifs is 2. The summed E-state index contributed by atoms with van der Waals surface area (Å²) in [5.41, 5.74) is 5.70. The van der Waals surface area contributed by atoms with Crippen molar-refractivity contribution < 1.29 is 24.6 Å². The van der Waals surface area contributed by atoms with Crippen LogP contribution in [0, 0.1) is 0 Å². The number of anilines is 1. The summed E-state index contributed by atoms with van der Waals surface area (Å²) >= 11 is 0. The molecule has 4 N–H and O–H groups in total. The number of carboxylic acid groups (broad SMARTS) is 2. The second-order valence-corrected chi connectivity index (χ2v) is 7.63. The van der Waals surface area contributed by atoms with Crippen molar-refractivity contribution in [3.63, 3.8) is 0 Å². The number of nitrogens with one attached hydrogen (secondary N) is 2. The summed E-state index contributed by atoms with van der Waals surface area (Å²) in [5.74, 6) is -1.87. The molecule has 1 aliphatic heterocycles. The van der Waals surface area contributed by atoms with E-state index in [1.807, 2.05) is 18.2 Å². The van der Waals surface area contributed by atoms with Crippen LogP contribution in [-0.2, 0) is 27.2 Å². The van der Waals surface area contributed by atoms with Crippen LogP contribution in [0.25, 0.3) is 11.6 Å². The Kier molecular flexibility index (Phi) is 4.96. The molecule has 2 aromatic rings. The van der Waals surface area contributed by atoms with Crippen LogP contribution in [0.3, 0.4) is 0 Å². The maximum Gasteiger partial charge on any atom is 0.303 e. The van der Waals surface area contributed by atoms with E-state index in [-0.39, 0.29) is 24.7 Å². The van der Waals surface area contributed by atoms with Gasteiger partial charge >= 0.3 is 11.9 Å². The fourth-order valence-electron chi connectivity index (χ4n) is 4.23. The Bertz CT molecular complexity index is 1030. The standard InChI is InChI=1S/C22H22N2O5/c25-20(26)7-5-12-4-6-19-16(8-12)17(22(29)24-19)11-14-10-15-13(9-21(27)28)2-1-3-18(15)23-14/h4,6,8,10-11,13,23H,1-3,5,7,9H2,(H,24,29)(H,25,26)(H,27,28). The second-order valence-electron chi connectivity index (χ2n) is 7.63. The number of benzene rings is 1. The summed E-state index contributed by atoms with van der Waals surface area (Å²) < 4.78 is 0. The molecule has 0 saturated carbocycles. The first-order valence-electron chi connectivity index (χ1n) is 9.72. The number of hydrogen-bond acceptors (Lipinski definition) is 3. The van der Waals surface area contributed by atoms with Crippen molar-refractivity contribution in [1.82, 2.24) is 4.98 Å². The normalized spacial score (nSPS) is 19.0. The molecule has 2 heterocycles. The quantitative estimate of drug-likeness (QED) is 0.560. The summed E-state index contributed by atoms with van der Waals surface area (Å²) in [4.78, 5) is 37.8. The molecule has 1 atom stereocenters. The summed E-state index contributed by atoms with van der Waals surface area (Å²) in [6.07, 6.45) is 5.00. The Hall–Kier alpha value is -3.35. The van der Waals surface area contributed by atoms with Gasteiger partial charge in [0, 0.05) is 29.1 Å². The summed E-state index contributed by atoms with van der Waals surface area (Å²) in [7, 11) is 0. The van der Waals surface area contributed by atoms with Gasteiger partial charge in [-0.15, -0.1) is 0 Å². The predicted molar refractivity (Wildman–Crippen MR) is 108 cm³/mol. The highest BCUT2D eigenvalue weighted by Crippen LogP contribution is 2.37. The molecular formula is C22H22N2O5. The Balaban J connectivity index is 1.65. The molecule has 0 spiro atoms. The highest BCUT2D eigenvalue weighted by molar-refractivity contribution is 6.34. The van der Waals surface area contributed by atoms with E-state index in [9.17, 15) is 14.4 Å². The monoisotopic (exact) mass is 394 g/mol. The molecule has 0 fully saturated rings. The molecule has 7 nitrogen and oxygen atoms in total. The third kappa shape index (κ3) is 3.94. The van der Waals surface area contributed by atoms with Crippen molar-refractivity contribution in [2.75, 3.05) is 5.32 Å². The lowest BCUT2D eigenvalue weighted by Crippen LogP contribution is -2.12. The lowest BCUT2D eigenvalue weighted by molar-refractivity contribution is -0.138. The molecule has 1 aromatic heterocycles. The molecule has 0 radical (unpaired) electrons. The number of H-pyrrole nitrogens is 1. The van der Waals surface area contributed by atoms with Crippen molar-refractivity contribution in [2.24, 2.45) is 0 Å². The number of rotatable bonds is 6. The average molecular weight is 394 g/mol. The summed E-state index contributed by atoms with van der Waals surface area (Å²) in [6, 6.07) is 7.44. The van der Waals surface area contributed by atoms with E-state index in [4.69, 9.17) is 10.2 Å². The zero-order valence-corrected chi connectivity index (χ0v) is 15.8. The number of carbonyl (C=O) groups is 3. The van der Waals surface area contributed by atoms with E-state index < -0.39 is 11.9 Å². The Morgan fingerprint density at radius 3 is 2.76 bits per heavy atom. The third-order valence-corrected chi connectivity index (χ3v) is 5.59. The summed E-state index contributed by atoms with van der Waals surface area (Å²) in [6.45, 7) is 0. The number of aryl methyl sites for hydroxylation is 2. The Morgan fingerprint density at radius 2 is 2.00 bits per heavy atom. The van der Waals surface area contributed by atoms with Gasteiger partial charge in [-0.05, 0) is 67.0 Å². The third-order valence-electron chi connectivity index (χ3n) is 5.59. The van der Waals surface area contributed by atoms with Crippen molar-refractivity contribution in [1.29, 1.82) is 0 Å². The Labute approximate surface area is 167 Å². The zero-order valence-electron chi connectivity index (χ0n) is 15.8. The first-order valence-corrected chi connectivity index (χ1v) is 9.72. The number of carboxylic acids is 2. The largest absolute Gasteiger partial charge is 0.481 e. The smallest absolute Gasteiger partial charge is 0.303 e. The molecule has 1 unspecified atom stereocenters. The highest BCUT2D eigenvalue weighted by atomic mass is 16.4. The first-order chi connectivity index (χ1) is 13.9. The molecule has 1 amide bonds. The molecule has 0 bridgehead atoms. The van der Waals surface area contributed by atoms with Crippen molar-refractivity contribution in [2.45, 2.75) is 44.4 Å². The molecular weight excluding hydrogens is 372 g/mol. The number of aromatic amines is 1. The van der Waals surface area contributed by atoms with Crippen LogP contribution in [0.4, 0.5) is 5.69 Å². The van der Waals surface area contributed by atoms with Gasteiger partial charge in [0.25, 0.3) is 5.91 Å². The minimum absolute atomic E-state index is 0.00744. The molecule has 1 aliphatic carbocycles. The highest BCUT2D eigenvalue weighted by Gasteiger charge is 2.27. The lowest BCUT2D eigenvalue weighted by atomic mass is 9.85. The van der Waals surface area contributed by atoms with Gasteiger partial charge in [0.1, 0.15) is 0 Å². The van der Waals surface area contributed by atoms with E-state index in [0.717, 1.165) is 47.3 Å². The molecule has 29 heavy (non-hydrogen) atoms. The van der Waals surface area contributed by atoms with Gasteiger partial charge in [-0.2, -0.15) is 0 Å². The van der Waals surface area contributed by atoms with Crippen molar-refractivity contribution >= 4 is 35.2 Å².